The highest BCUT2D eigenvalue weighted by Crippen LogP contribution is 2.21. The van der Waals surface area contributed by atoms with Gasteiger partial charge in [-0.25, -0.2) is 0 Å². The Morgan fingerprint density at radius 3 is 2.72 bits per heavy atom. The third-order valence-electron chi connectivity index (χ3n) is 2.77. The number of aromatic nitrogens is 2. The van der Waals surface area contributed by atoms with Gasteiger partial charge in [-0.05, 0) is 19.4 Å². The van der Waals surface area contributed by atoms with Crippen molar-refractivity contribution in [2.45, 2.75) is 51.7 Å². The molecule has 1 unspecified atom stereocenters. The minimum atomic E-state index is -4.27. The first-order valence-corrected chi connectivity index (χ1v) is 5.94. The van der Waals surface area contributed by atoms with Gasteiger partial charge in [-0.2, -0.15) is 18.3 Å². The predicted octanol–water partition coefficient (Wildman–Crippen LogP) is 3.31. The van der Waals surface area contributed by atoms with Crippen LogP contribution < -0.4 is 0 Å². The van der Waals surface area contributed by atoms with Crippen molar-refractivity contribution in [3.05, 3.63) is 18.0 Å². The molecule has 0 spiro atoms. The molecular formula is C12H17F3N2O. The molecule has 0 saturated heterocycles. The van der Waals surface area contributed by atoms with Crippen molar-refractivity contribution in [3.8, 4) is 0 Å². The molecular weight excluding hydrogens is 245 g/mol. The third kappa shape index (κ3) is 4.89. The summed E-state index contributed by atoms with van der Waals surface area (Å²) in [6, 6.07) is 1.90. The third-order valence-corrected chi connectivity index (χ3v) is 2.77. The van der Waals surface area contributed by atoms with Crippen LogP contribution in [0.1, 0.15) is 44.8 Å². The fourth-order valence-corrected chi connectivity index (χ4v) is 1.48. The summed E-state index contributed by atoms with van der Waals surface area (Å²) in [6.07, 6.45) is -3.17. The van der Waals surface area contributed by atoms with Crippen molar-refractivity contribution in [1.29, 1.82) is 0 Å². The zero-order valence-corrected chi connectivity index (χ0v) is 10.5. The Morgan fingerprint density at radius 2 is 2.17 bits per heavy atom. The van der Waals surface area contributed by atoms with Crippen LogP contribution in [0.5, 0.6) is 0 Å². The smallest absolute Gasteiger partial charge is 0.299 e. The number of hydrogen-bond donors (Lipinski definition) is 0. The van der Waals surface area contributed by atoms with Gasteiger partial charge in [-0.15, -0.1) is 0 Å². The molecule has 0 aliphatic rings. The van der Waals surface area contributed by atoms with Gasteiger partial charge in [0.05, 0.1) is 18.5 Å². The molecule has 0 fully saturated rings. The molecule has 0 bridgehead atoms. The van der Waals surface area contributed by atoms with Crippen LogP contribution in [-0.2, 0) is 11.2 Å². The molecule has 0 aromatic carbocycles. The Hall–Kier alpha value is -1.33. The molecule has 1 heterocycles. The standard InChI is InChI=1S/C12H17F3N2O/c1-3-9(2)17-7-5-10(16-17)8-11(18)4-6-12(13,14)15/h5,7,9H,3-4,6,8H2,1-2H3. The fraction of sp³-hybridized carbons (Fsp3) is 0.667. The minimum absolute atomic E-state index is 0.0283. The van der Waals surface area contributed by atoms with Crippen LogP contribution in [0.4, 0.5) is 13.2 Å². The number of carbonyl (C=O) groups is 1. The second kappa shape index (κ2) is 6.02. The zero-order chi connectivity index (χ0) is 13.8. The highest BCUT2D eigenvalue weighted by molar-refractivity contribution is 5.80. The van der Waals surface area contributed by atoms with Gasteiger partial charge in [0, 0.05) is 18.7 Å². The van der Waals surface area contributed by atoms with Crippen molar-refractivity contribution >= 4 is 5.78 Å². The second-order valence-electron chi connectivity index (χ2n) is 4.37. The molecule has 1 aromatic rings. The number of halogens is 3. The molecule has 0 radical (unpaired) electrons. The normalized spacial score (nSPS) is 13.6. The van der Waals surface area contributed by atoms with Gasteiger partial charge in [-0.3, -0.25) is 9.48 Å². The maximum absolute atomic E-state index is 11.9. The minimum Gasteiger partial charge on any atom is -0.299 e. The van der Waals surface area contributed by atoms with Crippen molar-refractivity contribution in [2.75, 3.05) is 0 Å². The summed E-state index contributed by atoms with van der Waals surface area (Å²) < 4.78 is 37.5. The van der Waals surface area contributed by atoms with Gasteiger partial charge < -0.3 is 0 Å². The van der Waals surface area contributed by atoms with Crippen LogP contribution in [-0.4, -0.2) is 21.7 Å². The summed E-state index contributed by atoms with van der Waals surface area (Å²) in [5.41, 5.74) is 0.530. The quantitative estimate of drug-likeness (QED) is 0.788. The number of carbonyl (C=O) groups excluding carboxylic acids is 1. The topological polar surface area (TPSA) is 34.9 Å². The molecule has 1 rings (SSSR count). The van der Waals surface area contributed by atoms with Crippen LogP contribution in [0.3, 0.4) is 0 Å². The fourth-order valence-electron chi connectivity index (χ4n) is 1.48. The van der Waals surface area contributed by atoms with Crippen LogP contribution in [0.15, 0.2) is 12.3 Å². The molecule has 0 saturated carbocycles. The summed E-state index contributed by atoms with van der Waals surface area (Å²) >= 11 is 0. The summed E-state index contributed by atoms with van der Waals surface area (Å²) in [7, 11) is 0. The molecule has 3 nitrogen and oxygen atoms in total. The van der Waals surface area contributed by atoms with E-state index in [0.29, 0.717) is 5.69 Å². The van der Waals surface area contributed by atoms with E-state index in [0.717, 1.165) is 6.42 Å². The lowest BCUT2D eigenvalue weighted by molar-refractivity contribution is -0.143. The van der Waals surface area contributed by atoms with Crippen LogP contribution >= 0.6 is 0 Å². The number of Topliss-reactive ketones (excluding diaryl/α,β-unsaturated/α-hetero) is 1. The molecule has 18 heavy (non-hydrogen) atoms. The first-order valence-electron chi connectivity index (χ1n) is 5.94. The zero-order valence-electron chi connectivity index (χ0n) is 10.5. The van der Waals surface area contributed by atoms with Crippen LogP contribution in [0.25, 0.3) is 0 Å². The predicted molar refractivity (Wildman–Crippen MR) is 61.2 cm³/mol. The van der Waals surface area contributed by atoms with Crippen molar-refractivity contribution in [3.63, 3.8) is 0 Å². The molecule has 0 amide bonds. The molecule has 1 atom stereocenters. The van der Waals surface area contributed by atoms with Gasteiger partial charge in [0.2, 0.25) is 0 Å². The Balaban J connectivity index is 2.47. The highest BCUT2D eigenvalue weighted by atomic mass is 19.4. The Labute approximate surface area is 104 Å². The lowest BCUT2D eigenvalue weighted by Gasteiger charge is -2.08. The first-order chi connectivity index (χ1) is 8.31. The molecule has 0 N–H and O–H groups in total. The van der Waals surface area contributed by atoms with E-state index in [1.165, 1.54) is 0 Å². The number of rotatable bonds is 6. The van der Waals surface area contributed by atoms with Gasteiger partial charge in [0.1, 0.15) is 5.78 Å². The van der Waals surface area contributed by atoms with E-state index in [9.17, 15) is 18.0 Å². The van der Waals surface area contributed by atoms with Gasteiger partial charge in [-0.1, -0.05) is 6.92 Å². The van der Waals surface area contributed by atoms with E-state index in [1.807, 2.05) is 13.8 Å². The van der Waals surface area contributed by atoms with E-state index in [4.69, 9.17) is 0 Å². The monoisotopic (exact) mass is 262 g/mol. The summed E-state index contributed by atoms with van der Waals surface area (Å²) in [6.45, 7) is 4.00. The number of hydrogen-bond acceptors (Lipinski definition) is 2. The lowest BCUT2D eigenvalue weighted by Crippen LogP contribution is -2.12. The van der Waals surface area contributed by atoms with E-state index in [-0.39, 0.29) is 12.5 Å². The van der Waals surface area contributed by atoms with E-state index in [2.05, 4.69) is 5.10 Å². The Kier molecular flexibility index (Phi) is 4.93. The van der Waals surface area contributed by atoms with E-state index >= 15 is 0 Å². The molecule has 102 valence electrons. The SMILES string of the molecule is CCC(C)n1ccc(CC(=O)CCC(F)(F)F)n1. The lowest BCUT2D eigenvalue weighted by atomic mass is 10.1. The number of alkyl halides is 3. The maximum atomic E-state index is 11.9. The average Bonchev–Trinajstić information content (AvgIpc) is 2.73. The van der Waals surface area contributed by atoms with Crippen molar-refractivity contribution in [1.82, 2.24) is 9.78 Å². The maximum Gasteiger partial charge on any atom is 0.389 e. The molecule has 0 aliphatic heterocycles. The Bertz CT molecular complexity index is 398. The first kappa shape index (κ1) is 14.7. The van der Waals surface area contributed by atoms with Gasteiger partial charge >= 0.3 is 6.18 Å². The highest BCUT2D eigenvalue weighted by Gasteiger charge is 2.27. The number of ketones is 1. The summed E-state index contributed by atoms with van der Waals surface area (Å²) in [4.78, 5) is 11.4. The van der Waals surface area contributed by atoms with Crippen molar-refractivity contribution < 1.29 is 18.0 Å². The van der Waals surface area contributed by atoms with E-state index < -0.39 is 24.8 Å². The summed E-state index contributed by atoms with van der Waals surface area (Å²) in [5.74, 6) is -0.429. The molecule has 6 heteroatoms. The second-order valence-corrected chi connectivity index (χ2v) is 4.37. The molecule has 1 aromatic heterocycles. The summed E-state index contributed by atoms with van der Waals surface area (Å²) in [5, 5.41) is 4.18. The van der Waals surface area contributed by atoms with Gasteiger partial charge in [0.25, 0.3) is 0 Å². The van der Waals surface area contributed by atoms with Crippen LogP contribution in [0.2, 0.25) is 0 Å². The van der Waals surface area contributed by atoms with Gasteiger partial charge in [0.15, 0.2) is 0 Å². The molecule has 0 aliphatic carbocycles. The number of nitrogens with zero attached hydrogens (tertiary/aromatic N) is 2. The van der Waals surface area contributed by atoms with Crippen LogP contribution in [0, 0.1) is 0 Å². The average molecular weight is 262 g/mol. The Morgan fingerprint density at radius 1 is 1.50 bits per heavy atom. The van der Waals surface area contributed by atoms with E-state index in [1.54, 1.807) is 16.9 Å². The largest absolute Gasteiger partial charge is 0.389 e. The van der Waals surface area contributed by atoms with Crippen molar-refractivity contribution in [2.24, 2.45) is 0 Å².